The molecular weight excluding hydrogens is 527 g/mol. The summed E-state index contributed by atoms with van der Waals surface area (Å²) in [6.07, 6.45) is 7.01. The van der Waals surface area contributed by atoms with Crippen LogP contribution in [0.25, 0.3) is 11.1 Å². The molecule has 2 aliphatic rings. The predicted octanol–water partition coefficient (Wildman–Crippen LogP) is 5.86. The molecule has 1 aliphatic carbocycles. The average molecular weight is 558 g/mol. The van der Waals surface area contributed by atoms with Crippen molar-refractivity contribution in [3.05, 3.63) is 59.7 Å². The van der Waals surface area contributed by atoms with Gasteiger partial charge in [-0.1, -0.05) is 108 Å². The van der Waals surface area contributed by atoms with Gasteiger partial charge in [0.15, 0.2) is 0 Å². The van der Waals surface area contributed by atoms with Crippen molar-refractivity contribution in [1.82, 2.24) is 10.3 Å². The molecule has 174 valence electrons. The standard InChI is InChI=1S/C25H31IN6O/c1-2-3-10-22-28-25(15-6-7-16-25)24(33)32(22)17-18-11-13-19(14-12-18)20-8-4-5-9-21(20)23(26)29-31-30-27/h4-5,8-9,11-14,23H,2-3,6-7,10,15-17H2,1H3,(H2,27,31)(H,29,30). The largest absolute Gasteiger partial charge is 0.303 e. The lowest BCUT2D eigenvalue weighted by atomic mass is 9.97. The van der Waals surface area contributed by atoms with Gasteiger partial charge < -0.3 is 5.84 Å². The highest BCUT2D eigenvalue weighted by atomic mass is 127. The highest BCUT2D eigenvalue weighted by Crippen LogP contribution is 2.40. The Kier molecular flexibility index (Phi) is 7.62. The van der Waals surface area contributed by atoms with Gasteiger partial charge in [-0.3, -0.25) is 20.1 Å². The first-order valence-electron chi connectivity index (χ1n) is 11.7. The zero-order valence-electron chi connectivity index (χ0n) is 19.0. The van der Waals surface area contributed by atoms with Crippen molar-refractivity contribution in [2.45, 2.75) is 68.0 Å². The number of rotatable bonds is 9. The number of aliphatic imine (C=N–C) groups is 1. The zero-order valence-corrected chi connectivity index (χ0v) is 21.2. The van der Waals surface area contributed by atoms with E-state index in [1.165, 1.54) is 0 Å². The minimum atomic E-state index is -0.481. The van der Waals surface area contributed by atoms with Gasteiger partial charge in [0.05, 0.1) is 6.54 Å². The van der Waals surface area contributed by atoms with Gasteiger partial charge >= 0.3 is 0 Å². The topological polar surface area (TPSA) is 95.4 Å². The van der Waals surface area contributed by atoms with Crippen LogP contribution < -0.4 is 11.3 Å². The number of benzene rings is 2. The Morgan fingerprint density at radius 2 is 1.91 bits per heavy atom. The van der Waals surface area contributed by atoms with Gasteiger partial charge in [-0.25, -0.2) is 0 Å². The summed E-state index contributed by atoms with van der Waals surface area (Å²) < 4.78 is -0.0621. The van der Waals surface area contributed by atoms with Crippen molar-refractivity contribution in [2.24, 2.45) is 21.3 Å². The number of amides is 1. The fraction of sp³-hybridized carbons (Fsp3) is 0.440. The molecule has 1 aliphatic heterocycles. The van der Waals surface area contributed by atoms with Crippen molar-refractivity contribution < 1.29 is 4.79 Å². The second-order valence-corrected chi connectivity index (χ2v) is 10.00. The molecule has 0 radical (unpaired) electrons. The number of amidine groups is 1. The molecule has 1 unspecified atom stereocenters. The smallest absolute Gasteiger partial charge is 0.256 e. The molecule has 1 spiro atoms. The van der Waals surface area contributed by atoms with Crippen molar-refractivity contribution in [3.63, 3.8) is 0 Å². The van der Waals surface area contributed by atoms with Gasteiger partial charge in [0.1, 0.15) is 15.4 Å². The number of alkyl halides is 1. The Morgan fingerprint density at radius 3 is 2.61 bits per heavy atom. The first-order chi connectivity index (χ1) is 16.1. The molecule has 8 heteroatoms. The Hall–Kier alpha value is -2.49. The molecule has 2 aromatic carbocycles. The summed E-state index contributed by atoms with van der Waals surface area (Å²) >= 11 is 2.28. The molecule has 1 amide bonds. The van der Waals surface area contributed by atoms with Gasteiger partial charge in [-0.2, -0.15) is 0 Å². The van der Waals surface area contributed by atoms with Crippen LogP contribution in [0.1, 0.15) is 67.0 Å². The second kappa shape index (κ2) is 10.6. The van der Waals surface area contributed by atoms with E-state index in [-0.39, 0.29) is 9.96 Å². The first kappa shape index (κ1) is 23.7. The van der Waals surface area contributed by atoms with Crippen LogP contribution in [0.4, 0.5) is 0 Å². The van der Waals surface area contributed by atoms with Crippen molar-refractivity contribution >= 4 is 34.3 Å². The third-order valence-electron chi connectivity index (χ3n) is 6.55. The number of nitrogens with two attached hydrogens (primary N) is 1. The summed E-state index contributed by atoms with van der Waals surface area (Å²) in [7, 11) is 0. The fourth-order valence-corrected chi connectivity index (χ4v) is 5.47. The van der Waals surface area contributed by atoms with E-state index in [0.29, 0.717) is 6.54 Å². The molecule has 1 heterocycles. The Labute approximate surface area is 209 Å². The fourth-order valence-electron chi connectivity index (χ4n) is 4.80. The van der Waals surface area contributed by atoms with Crippen LogP contribution in [0.3, 0.4) is 0 Å². The monoisotopic (exact) mass is 558 g/mol. The molecule has 7 nitrogen and oxygen atoms in total. The van der Waals surface area contributed by atoms with E-state index in [2.05, 4.69) is 81.8 Å². The lowest BCUT2D eigenvalue weighted by Gasteiger charge is -2.23. The number of carbonyl (C=O) groups is 1. The third-order valence-corrected chi connectivity index (χ3v) is 7.50. The van der Waals surface area contributed by atoms with E-state index in [1.54, 1.807) is 0 Å². The molecule has 1 fully saturated rings. The van der Waals surface area contributed by atoms with Gasteiger partial charge in [0.25, 0.3) is 5.91 Å². The summed E-state index contributed by atoms with van der Waals surface area (Å²) in [5, 5.41) is 7.00. The van der Waals surface area contributed by atoms with Crippen LogP contribution in [0.5, 0.6) is 0 Å². The number of nitrogens with zero attached hydrogens (tertiary/aromatic N) is 4. The summed E-state index contributed by atoms with van der Waals surface area (Å²) in [4.78, 5) is 20.3. The van der Waals surface area contributed by atoms with E-state index in [9.17, 15) is 4.79 Å². The second-order valence-electron chi connectivity index (χ2n) is 8.75. The number of carbonyl (C=O) groups excluding carboxylic acids is 1. The molecule has 1 atom stereocenters. The number of hydrogen-bond donors (Lipinski definition) is 2. The maximum atomic E-state index is 13.4. The molecule has 1 saturated carbocycles. The normalized spacial score (nSPS) is 18.3. The minimum absolute atomic E-state index is 0.0621. The predicted molar refractivity (Wildman–Crippen MR) is 140 cm³/mol. The van der Waals surface area contributed by atoms with E-state index >= 15 is 0 Å². The molecule has 0 saturated heterocycles. The van der Waals surface area contributed by atoms with Gasteiger partial charge in [0, 0.05) is 6.42 Å². The molecule has 3 N–H and O–H groups in total. The molecule has 2 aromatic rings. The van der Waals surface area contributed by atoms with Crippen molar-refractivity contribution in [2.75, 3.05) is 0 Å². The number of unbranched alkanes of at least 4 members (excludes halogenated alkanes) is 1. The highest BCUT2D eigenvalue weighted by molar-refractivity contribution is 14.1. The minimum Gasteiger partial charge on any atom is -0.303 e. The van der Waals surface area contributed by atoms with E-state index in [4.69, 9.17) is 10.8 Å². The molecule has 0 aromatic heterocycles. The number of hydrogen-bond acceptors (Lipinski definition) is 4. The Morgan fingerprint density at radius 1 is 1.18 bits per heavy atom. The van der Waals surface area contributed by atoms with Crippen LogP contribution in [-0.2, 0) is 11.3 Å². The van der Waals surface area contributed by atoms with E-state index in [1.807, 2.05) is 17.0 Å². The first-order valence-corrected chi connectivity index (χ1v) is 12.9. The lowest BCUT2D eigenvalue weighted by Crippen LogP contribution is -2.40. The maximum absolute atomic E-state index is 13.4. The third kappa shape index (κ3) is 5.05. The number of halogens is 1. The summed E-state index contributed by atoms with van der Waals surface area (Å²) in [6, 6.07) is 16.7. The molecule has 4 rings (SSSR count). The summed E-state index contributed by atoms with van der Waals surface area (Å²) in [5.74, 6) is 6.31. The van der Waals surface area contributed by atoms with Gasteiger partial charge in [0.2, 0.25) is 0 Å². The zero-order chi connectivity index (χ0) is 23.3. The quantitative estimate of drug-likeness (QED) is 0.101. The lowest BCUT2D eigenvalue weighted by molar-refractivity contribution is -0.131. The van der Waals surface area contributed by atoms with Crippen molar-refractivity contribution in [3.8, 4) is 11.1 Å². The van der Waals surface area contributed by atoms with E-state index in [0.717, 1.165) is 73.0 Å². The maximum Gasteiger partial charge on any atom is 0.256 e. The average Bonchev–Trinajstić information content (AvgIpc) is 3.42. The Bertz CT molecular complexity index is 1030. The molecule has 33 heavy (non-hydrogen) atoms. The van der Waals surface area contributed by atoms with Crippen LogP contribution in [0.2, 0.25) is 0 Å². The van der Waals surface area contributed by atoms with Gasteiger partial charge in [-0.05, 0) is 41.5 Å². The molecule has 0 bridgehead atoms. The SMILES string of the molecule is CCCCC1=NC2(CCCC2)C(=O)N1Cc1ccc(-c2ccccc2C(I)N/N=N\N)cc1. The molecular formula is C25H31IN6O. The van der Waals surface area contributed by atoms with Crippen LogP contribution in [0, 0.1) is 0 Å². The van der Waals surface area contributed by atoms with Gasteiger partial charge in [-0.15, -0.1) is 0 Å². The highest BCUT2D eigenvalue weighted by Gasteiger charge is 2.49. The Balaban J connectivity index is 1.53. The summed E-state index contributed by atoms with van der Waals surface area (Å²) in [6.45, 7) is 2.76. The van der Waals surface area contributed by atoms with Crippen LogP contribution >= 0.6 is 22.6 Å². The van der Waals surface area contributed by atoms with E-state index < -0.39 is 5.54 Å². The van der Waals surface area contributed by atoms with Crippen LogP contribution in [0.15, 0.2) is 64.0 Å². The van der Waals surface area contributed by atoms with Crippen molar-refractivity contribution in [1.29, 1.82) is 0 Å². The number of nitrogens with one attached hydrogen (secondary N) is 1. The summed E-state index contributed by atoms with van der Waals surface area (Å²) in [5.41, 5.74) is 6.90. The van der Waals surface area contributed by atoms with Crippen LogP contribution in [-0.4, -0.2) is 22.2 Å².